The molecule has 17 heavy (non-hydrogen) atoms. The van der Waals surface area contributed by atoms with Crippen LogP contribution in [0.3, 0.4) is 0 Å². The van der Waals surface area contributed by atoms with Crippen molar-refractivity contribution < 1.29 is 10.1 Å². The van der Waals surface area contributed by atoms with Crippen LogP contribution in [-0.4, -0.2) is 25.3 Å². The molecule has 2 aliphatic rings. The lowest BCUT2D eigenvalue weighted by Crippen LogP contribution is -2.92. The molecule has 1 aromatic rings. The highest BCUT2D eigenvalue weighted by Gasteiger charge is 2.23. The summed E-state index contributed by atoms with van der Waals surface area (Å²) in [5, 5.41) is 2.52. The van der Waals surface area contributed by atoms with Gasteiger partial charge in [-0.25, -0.2) is 0 Å². The maximum Gasteiger partial charge on any atom is 0.106 e. The average Bonchev–Trinajstić information content (AvgIpc) is 2.89. The van der Waals surface area contributed by atoms with E-state index in [-0.39, 0.29) is 0 Å². The van der Waals surface area contributed by atoms with E-state index in [0.29, 0.717) is 6.10 Å². The van der Waals surface area contributed by atoms with Gasteiger partial charge in [-0.15, -0.1) is 0 Å². The summed E-state index contributed by atoms with van der Waals surface area (Å²) in [5.74, 6) is 0. The predicted octanol–water partition coefficient (Wildman–Crippen LogP) is 1.29. The maximum atomic E-state index is 5.68. The largest absolute Gasteiger partial charge is 0.372 e. The van der Waals surface area contributed by atoms with Crippen molar-refractivity contribution in [2.24, 2.45) is 0 Å². The summed E-state index contributed by atoms with van der Waals surface area (Å²) in [4.78, 5) is 0. The Morgan fingerprint density at radius 2 is 2.06 bits per heavy atom. The fourth-order valence-electron chi connectivity index (χ4n) is 3.10. The molecule has 2 nitrogen and oxygen atoms in total. The standard InChI is InChI=1S/C15H21NO/c1-2-5-13-10-14(8-7-12(13)4-1)16-11-15-6-3-9-17-15/h1-2,4-5,14-16H,3,6-11H2/p+1/t14-,15+/m0/s1. The number of hydrogen-bond donors (Lipinski definition) is 1. The van der Waals surface area contributed by atoms with Crippen molar-refractivity contribution in [2.75, 3.05) is 13.2 Å². The van der Waals surface area contributed by atoms with Crippen molar-refractivity contribution in [2.45, 2.75) is 44.2 Å². The molecule has 92 valence electrons. The zero-order chi connectivity index (χ0) is 11.5. The zero-order valence-corrected chi connectivity index (χ0v) is 10.4. The van der Waals surface area contributed by atoms with Crippen LogP contribution in [0.1, 0.15) is 30.4 Å². The molecule has 0 aromatic heterocycles. The van der Waals surface area contributed by atoms with Crippen molar-refractivity contribution in [1.82, 2.24) is 0 Å². The smallest absolute Gasteiger partial charge is 0.106 e. The lowest BCUT2D eigenvalue weighted by Gasteiger charge is -2.23. The van der Waals surface area contributed by atoms with Crippen molar-refractivity contribution in [3.8, 4) is 0 Å². The van der Waals surface area contributed by atoms with Gasteiger partial charge in [0, 0.05) is 19.4 Å². The van der Waals surface area contributed by atoms with Gasteiger partial charge in [0.25, 0.3) is 0 Å². The van der Waals surface area contributed by atoms with E-state index in [1.165, 1.54) is 32.1 Å². The summed E-state index contributed by atoms with van der Waals surface area (Å²) in [6.07, 6.45) is 6.86. The molecule has 1 fully saturated rings. The molecule has 0 amide bonds. The van der Waals surface area contributed by atoms with Gasteiger partial charge in [-0.05, 0) is 30.4 Å². The van der Waals surface area contributed by atoms with E-state index in [1.807, 2.05) is 0 Å². The van der Waals surface area contributed by atoms with Crippen molar-refractivity contribution in [3.63, 3.8) is 0 Å². The first kappa shape index (κ1) is 11.2. The SMILES string of the molecule is c1ccc2c(c1)CC[C@H]([NH2+]C[C@H]1CCCO1)C2. The fourth-order valence-corrected chi connectivity index (χ4v) is 3.10. The Balaban J connectivity index is 1.53. The van der Waals surface area contributed by atoms with E-state index in [1.54, 1.807) is 11.1 Å². The van der Waals surface area contributed by atoms with Crippen LogP contribution in [0.5, 0.6) is 0 Å². The zero-order valence-electron chi connectivity index (χ0n) is 10.4. The molecule has 1 aromatic carbocycles. The van der Waals surface area contributed by atoms with E-state index in [9.17, 15) is 0 Å². The van der Waals surface area contributed by atoms with Crippen LogP contribution in [0, 0.1) is 0 Å². The molecule has 1 aliphatic carbocycles. The molecule has 1 saturated heterocycles. The van der Waals surface area contributed by atoms with Crippen LogP contribution in [0.2, 0.25) is 0 Å². The van der Waals surface area contributed by atoms with Crippen LogP contribution in [-0.2, 0) is 17.6 Å². The average molecular weight is 232 g/mol. The number of hydrogen-bond acceptors (Lipinski definition) is 1. The quantitative estimate of drug-likeness (QED) is 0.835. The molecule has 2 heteroatoms. The monoisotopic (exact) mass is 232 g/mol. The number of aryl methyl sites for hydroxylation is 1. The molecule has 0 saturated carbocycles. The minimum atomic E-state index is 0.521. The normalized spacial score (nSPS) is 28.0. The Morgan fingerprint density at radius 3 is 2.88 bits per heavy atom. The van der Waals surface area contributed by atoms with Crippen LogP contribution < -0.4 is 5.32 Å². The Kier molecular flexibility index (Phi) is 3.44. The van der Waals surface area contributed by atoms with Crippen molar-refractivity contribution in [1.29, 1.82) is 0 Å². The first-order valence-corrected chi connectivity index (χ1v) is 6.93. The van der Waals surface area contributed by atoms with Crippen LogP contribution in [0.4, 0.5) is 0 Å². The molecule has 2 N–H and O–H groups in total. The molecule has 0 spiro atoms. The lowest BCUT2D eigenvalue weighted by molar-refractivity contribution is -0.695. The van der Waals surface area contributed by atoms with Crippen LogP contribution >= 0.6 is 0 Å². The third-order valence-corrected chi connectivity index (χ3v) is 4.14. The van der Waals surface area contributed by atoms with E-state index >= 15 is 0 Å². The number of fused-ring (bicyclic) bond motifs is 1. The lowest BCUT2D eigenvalue weighted by atomic mass is 9.88. The molecule has 0 bridgehead atoms. The van der Waals surface area contributed by atoms with Crippen molar-refractivity contribution in [3.05, 3.63) is 35.4 Å². The van der Waals surface area contributed by atoms with Gasteiger partial charge in [-0.3, -0.25) is 0 Å². The van der Waals surface area contributed by atoms with E-state index < -0.39 is 0 Å². The molecule has 1 aliphatic heterocycles. The van der Waals surface area contributed by atoms with Gasteiger partial charge in [0.2, 0.25) is 0 Å². The summed E-state index contributed by atoms with van der Waals surface area (Å²) < 4.78 is 5.68. The summed E-state index contributed by atoms with van der Waals surface area (Å²) in [6.45, 7) is 2.14. The van der Waals surface area contributed by atoms with Gasteiger partial charge in [0.1, 0.15) is 12.6 Å². The van der Waals surface area contributed by atoms with Gasteiger partial charge >= 0.3 is 0 Å². The topological polar surface area (TPSA) is 25.8 Å². The predicted molar refractivity (Wildman–Crippen MR) is 68.0 cm³/mol. The number of nitrogens with two attached hydrogens (primary N) is 1. The number of rotatable bonds is 3. The summed E-state index contributed by atoms with van der Waals surface area (Å²) in [5.41, 5.74) is 3.13. The first-order valence-electron chi connectivity index (χ1n) is 6.93. The van der Waals surface area contributed by atoms with Gasteiger partial charge in [-0.1, -0.05) is 24.3 Å². The third-order valence-electron chi connectivity index (χ3n) is 4.14. The summed E-state index contributed by atoms with van der Waals surface area (Å²) >= 11 is 0. The summed E-state index contributed by atoms with van der Waals surface area (Å²) in [7, 11) is 0. The summed E-state index contributed by atoms with van der Waals surface area (Å²) in [6, 6.07) is 9.68. The second-order valence-electron chi connectivity index (χ2n) is 5.38. The number of benzene rings is 1. The number of quaternary nitrogens is 1. The molecule has 1 heterocycles. The van der Waals surface area contributed by atoms with E-state index in [2.05, 4.69) is 29.6 Å². The molecule has 0 radical (unpaired) electrons. The van der Waals surface area contributed by atoms with Gasteiger partial charge in [-0.2, -0.15) is 0 Å². The third kappa shape index (κ3) is 2.70. The Bertz CT molecular complexity index is 371. The highest BCUT2D eigenvalue weighted by molar-refractivity contribution is 5.29. The maximum absolute atomic E-state index is 5.68. The molecule has 2 atom stereocenters. The Morgan fingerprint density at radius 1 is 1.18 bits per heavy atom. The Hall–Kier alpha value is -0.860. The molecule has 0 unspecified atom stereocenters. The Labute approximate surface area is 103 Å². The van der Waals surface area contributed by atoms with E-state index in [4.69, 9.17) is 4.74 Å². The highest BCUT2D eigenvalue weighted by atomic mass is 16.5. The van der Waals surface area contributed by atoms with Gasteiger partial charge in [0.15, 0.2) is 0 Å². The second kappa shape index (κ2) is 5.19. The van der Waals surface area contributed by atoms with E-state index in [0.717, 1.165) is 19.2 Å². The number of ether oxygens (including phenoxy) is 1. The minimum absolute atomic E-state index is 0.521. The molecule has 3 rings (SSSR count). The molecular formula is C15H22NO+. The van der Waals surface area contributed by atoms with Crippen LogP contribution in [0.25, 0.3) is 0 Å². The van der Waals surface area contributed by atoms with Crippen molar-refractivity contribution >= 4 is 0 Å². The van der Waals surface area contributed by atoms with Gasteiger partial charge < -0.3 is 10.1 Å². The second-order valence-corrected chi connectivity index (χ2v) is 5.38. The first-order chi connectivity index (χ1) is 8.42. The van der Waals surface area contributed by atoms with Gasteiger partial charge in [0.05, 0.1) is 6.04 Å². The van der Waals surface area contributed by atoms with Crippen LogP contribution in [0.15, 0.2) is 24.3 Å². The highest BCUT2D eigenvalue weighted by Crippen LogP contribution is 2.19. The fraction of sp³-hybridized carbons (Fsp3) is 0.600. The minimum Gasteiger partial charge on any atom is -0.372 e. The molecular weight excluding hydrogens is 210 g/mol.